The van der Waals surface area contributed by atoms with Crippen molar-refractivity contribution < 1.29 is 23.1 Å². The van der Waals surface area contributed by atoms with Gasteiger partial charge in [-0.25, -0.2) is 8.78 Å². The molecular formula is C24H31F2N3O3. The molecule has 0 bridgehead atoms. The number of alkyl halides is 2. The number of anilines is 1. The quantitative estimate of drug-likeness (QED) is 0.720. The average Bonchev–Trinajstić information content (AvgIpc) is 2.78. The van der Waals surface area contributed by atoms with E-state index in [2.05, 4.69) is 16.3 Å². The van der Waals surface area contributed by atoms with Crippen LogP contribution in [0.3, 0.4) is 0 Å². The number of imide groups is 1. The lowest BCUT2D eigenvalue weighted by Crippen LogP contribution is -2.54. The van der Waals surface area contributed by atoms with Crippen LogP contribution in [-0.2, 0) is 9.59 Å². The molecule has 0 unspecified atom stereocenters. The van der Waals surface area contributed by atoms with Gasteiger partial charge in [-0.3, -0.25) is 19.8 Å². The number of carbonyl (C=O) groups excluding carboxylic acids is 2. The van der Waals surface area contributed by atoms with Gasteiger partial charge in [0.1, 0.15) is 18.4 Å². The monoisotopic (exact) mass is 447 g/mol. The lowest BCUT2D eigenvalue weighted by Gasteiger charge is -2.42. The van der Waals surface area contributed by atoms with Crippen LogP contribution in [0.5, 0.6) is 5.75 Å². The molecule has 2 saturated heterocycles. The highest BCUT2D eigenvalue weighted by Crippen LogP contribution is 2.45. The van der Waals surface area contributed by atoms with Crippen LogP contribution in [-0.4, -0.2) is 61.0 Å². The van der Waals surface area contributed by atoms with Crippen LogP contribution in [0.1, 0.15) is 62.8 Å². The van der Waals surface area contributed by atoms with E-state index in [0.717, 1.165) is 49.2 Å². The second kappa shape index (κ2) is 8.61. The van der Waals surface area contributed by atoms with Crippen LogP contribution >= 0.6 is 0 Å². The number of nitrogens with one attached hydrogen (secondary N) is 1. The minimum absolute atomic E-state index is 0.00993. The first-order valence-corrected chi connectivity index (χ1v) is 11.9. The number of nitrogens with zero attached hydrogens (tertiary/aromatic N) is 2. The molecule has 6 nitrogen and oxygen atoms in total. The van der Waals surface area contributed by atoms with Gasteiger partial charge in [-0.05, 0) is 62.6 Å². The first kappa shape index (κ1) is 21.6. The number of carbonyl (C=O) groups is 2. The second-order valence-corrected chi connectivity index (χ2v) is 9.64. The molecule has 3 aliphatic heterocycles. The molecule has 8 heteroatoms. The summed E-state index contributed by atoms with van der Waals surface area (Å²) in [6.45, 7) is 1.78. The third-order valence-corrected chi connectivity index (χ3v) is 7.57. The summed E-state index contributed by atoms with van der Waals surface area (Å²) in [5.41, 5.74) is 2.07. The van der Waals surface area contributed by atoms with Crippen molar-refractivity contribution in [3.05, 3.63) is 23.8 Å². The van der Waals surface area contributed by atoms with Gasteiger partial charge in [0.15, 0.2) is 0 Å². The largest absolute Gasteiger partial charge is 0.489 e. The van der Waals surface area contributed by atoms with E-state index in [0.29, 0.717) is 38.3 Å². The number of halogens is 2. The molecule has 0 radical (unpaired) electrons. The summed E-state index contributed by atoms with van der Waals surface area (Å²) in [7, 11) is 0. The molecule has 3 heterocycles. The predicted molar refractivity (Wildman–Crippen MR) is 116 cm³/mol. The normalized spacial score (nSPS) is 30.9. The smallest absolute Gasteiger partial charge is 0.260 e. The summed E-state index contributed by atoms with van der Waals surface area (Å²) in [5, 5.41) is 2.46. The van der Waals surface area contributed by atoms with E-state index in [1.54, 1.807) is 0 Å². The summed E-state index contributed by atoms with van der Waals surface area (Å²) in [6, 6.07) is 5.98. The molecule has 1 aromatic rings. The van der Waals surface area contributed by atoms with E-state index < -0.39 is 5.92 Å². The van der Waals surface area contributed by atoms with E-state index in [1.165, 1.54) is 0 Å². The number of amides is 2. The molecule has 174 valence electrons. The fourth-order valence-corrected chi connectivity index (χ4v) is 5.98. The summed E-state index contributed by atoms with van der Waals surface area (Å²) in [4.78, 5) is 28.1. The zero-order valence-corrected chi connectivity index (χ0v) is 18.3. The van der Waals surface area contributed by atoms with Gasteiger partial charge < -0.3 is 9.64 Å². The van der Waals surface area contributed by atoms with Crippen molar-refractivity contribution in [3.8, 4) is 5.75 Å². The van der Waals surface area contributed by atoms with E-state index in [4.69, 9.17) is 4.74 Å². The zero-order valence-electron chi connectivity index (χ0n) is 18.3. The number of rotatable bonds is 3. The third kappa shape index (κ3) is 4.21. The van der Waals surface area contributed by atoms with Crippen molar-refractivity contribution in [2.45, 2.75) is 75.3 Å². The van der Waals surface area contributed by atoms with Gasteiger partial charge in [0.05, 0.1) is 18.8 Å². The Balaban J connectivity index is 1.30. The highest BCUT2D eigenvalue weighted by atomic mass is 19.3. The maximum atomic E-state index is 13.9. The fraction of sp³-hybridized carbons (Fsp3) is 0.667. The fourth-order valence-electron chi connectivity index (χ4n) is 5.98. The van der Waals surface area contributed by atoms with E-state index in [1.807, 2.05) is 17.0 Å². The Morgan fingerprint density at radius 3 is 2.62 bits per heavy atom. The molecule has 0 aromatic heterocycles. The van der Waals surface area contributed by atoms with Gasteiger partial charge in [0.25, 0.3) is 5.92 Å². The minimum Gasteiger partial charge on any atom is -0.489 e. The second-order valence-electron chi connectivity index (χ2n) is 9.64. The number of piperidine rings is 2. The molecule has 2 amide bonds. The van der Waals surface area contributed by atoms with Gasteiger partial charge in [-0.15, -0.1) is 0 Å². The van der Waals surface area contributed by atoms with Gasteiger partial charge in [-0.1, -0.05) is 12.1 Å². The van der Waals surface area contributed by atoms with Crippen LogP contribution in [0.4, 0.5) is 14.5 Å². The number of hydrogen-bond donors (Lipinski definition) is 1. The van der Waals surface area contributed by atoms with Gasteiger partial charge >= 0.3 is 0 Å². The predicted octanol–water partition coefficient (Wildman–Crippen LogP) is 3.45. The SMILES string of the molecule is O=C1CC[C@@H](N2CCOc3c(C4CCC(N5CCCC(F)(F)C5)CC4)cccc32)C(=O)N1. The molecule has 3 fully saturated rings. The molecule has 5 rings (SSSR count). The number of hydrogen-bond acceptors (Lipinski definition) is 5. The highest BCUT2D eigenvalue weighted by molar-refractivity contribution is 6.01. The van der Waals surface area contributed by atoms with Crippen molar-refractivity contribution in [3.63, 3.8) is 0 Å². The molecule has 1 aromatic carbocycles. The number of para-hydroxylation sites is 1. The molecule has 1 aliphatic carbocycles. The Labute approximate surface area is 187 Å². The lowest BCUT2D eigenvalue weighted by atomic mass is 9.80. The van der Waals surface area contributed by atoms with Crippen molar-refractivity contribution in [1.82, 2.24) is 10.2 Å². The molecular weight excluding hydrogens is 416 g/mol. The van der Waals surface area contributed by atoms with Gasteiger partial charge in [0, 0.05) is 18.9 Å². The first-order chi connectivity index (χ1) is 15.4. The van der Waals surface area contributed by atoms with Crippen LogP contribution in [0, 0.1) is 0 Å². The van der Waals surface area contributed by atoms with Crippen molar-refractivity contribution in [2.75, 3.05) is 31.1 Å². The Bertz CT molecular complexity index is 885. The standard InChI is InChI=1S/C24H31F2N3O3/c25-24(26)11-2-12-28(15-24)17-7-5-16(6-8-17)18-3-1-4-19-22(18)32-14-13-29(19)20-9-10-21(30)27-23(20)31/h1,3-4,16-17,20H,2,5-15H2,(H,27,30,31)/t16?,17?,20-/m1/s1. The van der Waals surface area contributed by atoms with Crippen LogP contribution in [0.2, 0.25) is 0 Å². The first-order valence-electron chi connectivity index (χ1n) is 11.9. The number of fused-ring (bicyclic) bond motifs is 1. The van der Waals surface area contributed by atoms with E-state index >= 15 is 0 Å². The van der Waals surface area contributed by atoms with E-state index in [-0.39, 0.29) is 36.9 Å². The molecule has 1 saturated carbocycles. The molecule has 1 atom stereocenters. The average molecular weight is 448 g/mol. The zero-order chi connectivity index (χ0) is 22.3. The highest BCUT2D eigenvalue weighted by Gasteiger charge is 2.40. The number of ether oxygens (including phenoxy) is 1. The Kier molecular flexibility index (Phi) is 5.82. The summed E-state index contributed by atoms with van der Waals surface area (Å²) >= 11 is 0. The van der Waals surface area contributed by atoms with Crippen molar-refractivity contribution >= 4 is 17.5 Å². The number of benzene rings is 1. The Hall–Kier alpha value is -2.22. The summed E-state index contributed by atoms with van der Waals surface area (Å²) in [6.07, 6.45) is 5.18. The van der Waals surface area contributed by atoms with E-state index in [9.17, 15) is 18.4 Å². The third-order valence-electron chi connectivity index (χ3n) is 7.57. The van der Waals surface area contributed by atoms with Crippen LogP contribution < -0.4 is 15.0 Å². The maximum Gasteiger partial charge on any atom is 0.260 e. The molecule has 32 heavy (non-hydrogen) atoms. The summed E-state index contributed by atoms with van der Waals surface area (Å²) in [5.74, 6) is -1.83. The van der Waals surface area contributed by atoms with Crippen LogP contribution in [0.25, 0.3) is 0 Å². The van der Waals surface area contributed by atoms with Gasteiger partial charge in [-0.2, -0.15) is 0 Å². The van der Waals surface area contributed by atoms with Gasteiger partial charge in [0.2, 0.25) is 11.8 Å². The Morgan fingerprint density at radius 2 is 1.88 bits per heavy atom. The van der Waals surface area contributed by atoms with Crippen molar-refractivity contribution in [1.29, 1.82) is 0 Å². The Morgan fingerprint density at radius 1 is 1.06 bits per heavy atom. The topological polar surface area (TPSA) is 61.9 Å². The molecule has 1 N–H and O–H groups in total. The molecule has 4 aliphatic rings. The maximum absolute atomic E-state index is 13.9. The number of likely N-dealkylation sites (tertiary alicyclic amines) is 1. The van der Waals surface area contributed by atoms with Crippen molar-refractivity contribution in [2.24, 2.45) is 0 Å². The van der Waals surface area contributed by atoms with Crippen LogP contribution in [0.15, 0.2) is 18.2 Å². The minimum atomic E-state index is -2.55. The lowest BCUT2D eigenvalue weighted by molar-refractivity contribution is -0.134. The molecule has 0 spiro atoms. The summed E-state index contributed by atoms with van der Waals surface area (Å²) < 4.78 is 33.8.